The lowest BCUT2D eigenvalue weighted by Crippen LogP contribution is -2.12. The highest BCUT2D eigenvalue weighted by Crippen LogP contribution is 2.38. The number of rotatable bonds is 5. The zero-order chi connectivity index (χ0) is 19.4. The van der Waals surface area contributed by atoms with Gasteiger partial charge in [-0.15, -0.1) is 11.3 Å². The van der Waals surface area contributed by atoms with Crippen LogP contribution in [0.4, 0.5) is 5.82 Å². The summed E-state index contributed by atoms with van der Waals surface area (Å²) in [6.07, 6.45) is 0.00484. The van der Waals surface area contributed by atoms with Gasteiger partial charge in [0.15, 0.2) is 0 Å². The Morgan fingerprint density at radius 1 is 1.37 bits per heavy atom. The van der Waals surface area contributed by atoms with Gasteiger partial charge >= 0.3 is 5.97 Å². The van der Waals surface area contributed by atoms with E-state index in [4.69, 9.17) is 10.5 Å². The number of pyridine rings is 1. The first-order chi connectivity index (χ1) is 13.0. The molecule has 0 fully saturated rings. The third-order valence-electron chi connectivity index (χ3n) is 3.93. The standard InChI is InChI=1S/C20H16BrN3O2S/c1-2-26-17(25)10-14-18(12-5-3-6-13(21)9-12)15(11-22)20(23)24-19(14)16-7-4-8-27-16/h3-9H,2,10H2,1H3,(H2,23,24). The number of thiophene rings is 1. The van der Waals surface area contributed by atoms with Crippen molar-refractivity contribution in [1.29, 1.82) is 5.26 Å². The molecule has 3 rings (SSSR count). The molecule has 0 bridgehead atoms. The van der Waals surface area contributed by atoms with Gasteiger partial charge in [-0.2, -0.15) is 5.26 Å². The van der Waals surface area contributed by atoms with Gasteiger partial charge < -0.3 is 10.5 Å². The van der Waals surface area contributed by atoms with Crippen molar-refractivity contribution < 1.29 is 9.53 Å². The van der Waals surface area contributed by atoms with E-state index >= 15 is 0 Å². The van der Waals surface area contributed by atoms with Gasteiger partial charge in [0.1, 0.15) is 17.5 Å². The first-order valence-corrected chi connectivity index (χ1v) is 9.90. The number of nitrogen functional groups attached to an aromatic ring is 1. The molecule has 0 saturated heterocycles. The maximum atomic E-state index is 12.3. The van der Waals surface area contributed by atoms with Crippen LogP contribution < -0.4 is 5.73 Å². The number of anilines is 1. The van der Waals surface area contributed by atoms with Crippen molar-refractivity contribution in [2.45, 2.75) is 13.3 Å². The van der Waals surface area contributed by atoms with Gasteiger partial charge in [-0.05, 0) is 41.6 Å². The summed E-state index contributed by atoms with van der Waals surface area (Å²) in [7, 11) is 0. The average molecular weight is 442 g/mol. The van der Waals surface area contributed by atoms with Crippen LogP contribution in [0.5, 0.6) is 0 Å². The lowest BCUT2D eigenvalue weighted by atomic mass is 9.92. The van der Waals surface area contributed by atoms with Gasteiger partial charge in [0.05, 0.1) is 23.6 Å². The van der Waals surface area contributed by atoms with E-state index in [2.05, 4.69) is 27.0 Å². The monoisotopic (exact) mass is 441 g/mol. The molecule has 0 radical (unpaired) electrons. The molecule has 5 nitrogen and oxygen atoms in total. The smallest absolute Gasteiger partial charge is 0.310 e. The molecule has 136 valence electrons. The van der Waals surface area contributed by atoms with E-state index in [1.165, 1.54) is 11.3 Å². The van der Waals surface area contributed by atoms with Gasteiger partial charge in [-0.3, -0.25) is 4.79 Å². The van der Waals surface area contributed by atoms with Crippen LogP contribution in [-0.4, -0.2) is 17.6 Å². The number of nitriles is 1. The van der Waals surface area contributed by atoms with Gasteiger partial charge in [0.2, 0.25) is 0 Å². The maximum absolute atomic E-state index is 12.3. The Morgan fingerprint density at radius 2 is 2.19 bits per heavy atom. The van der Waals surface area contributed by atoms with Crippen molar-refractivity contribution in [2.75, 3.05) is 12.3 Å². The molecule has 2 heterocycles. The molecule has 7 heteroatoms. The van der Waals surface area contributed by atoms with E-state index < -0.39 is 0 Å². The number of nitrogens with two attached hydrogens (primary N) is 1. The average Bonchev–Trinajstić information content (AvgIpc) is 3.17. The molecule has 3 aromatic rings. The van der Waals surface area contributed by atoms with Crippen molar-refractivity contribution in [3.05, 3.63) is 57.4 Å². The minimum atomic E-state index is -0.373. The number of esters is 1. The highest BCUT2D eigenvalue weighted by atomic mass is 79.9. The Hall–Kier alpha value is -2.69. The summed E-state index contributed by atoms with van der Waals surface area (Å²) in [5, 5.41) is 11.6. The number of ether oxygens (including phenoxy) is 1. The molecule has 0 spiro atoms. The summed E-state index contributed by atoms with van der Waals surface area (Å²) in [6.45, 7) is 2.04. The second-order valence-electron chi connectivity index (χ2n) is 5.66. The molecule has 27 heavy (non-hydrogen) atoms. The lowest BCUT2D eigenvalue weighted by molar-refractivity contribution is -0.142. The number of halogens is 1. The molecule has 2 aromatic heterocycles. The largest absolute Gasteiger partial charge is 0.466 e. The molecule has 1 aromatic carbocycles. The summed E-state index contributed by atoms with van der Waals surface area (Å²) < 4.78 is 6.01. The topological polar surface area (TPSA) is 89.0 Å². The second-order valence-corrected chi connectivity index (χ2v) is 7.52. The lowest BCUT2D eigenvalue weighted by Gasteiger charge is -2.17. The van der Waals surface area contributed by atoms with Crippen LogP contribution >= 0.6 is 27.3 Å². The van der Waals surface area contributed by atoms with Crippen molar-refractivity contribution in [3.63, 3.8) is 0 Å². The van der Waals surface area contributed by atoms with Crippen molar-refractivity contribution in [2.24, 2.45) is 0 Å². The Morgan fingerprint density at radius 3 is 2.81 bits per heavy atom. The van der Waals surface area contributed by atoms with Crippen LogP contribution in [0.3, 0.4) is 0 Å². The summed E-state index contributed by atoms with van der Waals surface area (Å²) in [5.41, 5.74) is 9.01. The van der Waals surface area contributed by atoms with E-state index in [9.17, 15) is 10.1 Å². The quantitative estimate of drug-likeness (QED) is 0.574. The fourth-order valence-electron chi connectivity index (χ4n) is 2.86. The predicted molar refractivity (Wildman–Crippen MR) is 110 cm³/mol. The predicted octanol–water partition coefficient (Wildman–Crippen LogP) is 4.80. The zero-order valence-electron chi connectivity index (χ0n) is 14.5. The third kappa shape index (κ3) is 4.02. The minimum Gasteiger partial charge on any atom is -0.466 e. The van der Waals surface area contributed by atoms with Crippen molar-refractivity contribution >= 4 is 39.1 Å². The first kappa shape index (κ1) is 19.1. The normalized spacial score (nSPS) is 10.4. The molecule has 0 atom stereocenters. The highest BCUT2D eigenvalue weighted by Gasteiger charge is 2.23. The van der Waals surface area contributed by atoms with Crippen LogP contribution in [0, 0.1) is 11.3 Å². The summed E-state index contributed by atoms with van der Waals surface area (Å²) in [4.78, 5) is 17.6. The Labute approximate surface area is 169 Å². The maximum Gasteiger partial charge on any atom is 0.310 e. The van der Waals surface area contributed by atoms with E-state index in [1.807, 2.05) is 41.8 Å². The number of nitrogens with zero attached hydrogens (tertiary/aromatic N) is 2. The number of hydrogen-bond donors (Lipinski definition) is 1. The van der Waals surface area contributed by atoms with Gasteiger partial charge in [-0.1, -0.05) is 34.1 Å². The summed E-state index contributed by atoms with van der Waals surface area (Å²) >= 11 is 4.96. The van der Waals surface area contributed by atoms with E-state index in [0.29, 0.717) is 16.8 Å². The van der Waals surface area contributed by atoms with Crippen molar-refractivity contribution in [1.82, 2.24) is 4.98 Å². The third-order valence-corrected chi connectivity index (χ3v) is 5.30. The van der Waals surface area contributed by atoms with Crippen LogP contribution in [0.15, 0.2) is 46.3 Å². The molecular weight excluding hydrogens is 426 g/mol. The second kappa shape index (κ2) is 8.33. The number of carbonyl (C=O) groups is 1. The molecular formula is C20H16BrN3O2S. The molecule has 2 N–H and O–H groups in total. The molecule has 0 unspecified atom stereocenters. The number of aromatic nitrogens is 1. The van der Waals surface area contributed by atoms with E-state index in [-0.39, 0.29) is 30.4 Å². The molecule has 0 aliphatic heterocycles. The van der Waals surface area contributed by atoms with Crippen molar-refractivity contribution in [3.8, 4) is 27.8 Å². The molecule has 0 aliphatic carbocycles. The summed E-state index contributed by atoms with van der Waals surface area (Å²) in [5.74, 6) is -0.231. The Balaban J connectivity index is 2.34. The van der Waals surface area contributed by atoms with Crippen LogP contribution in [0.25, 0.3) is 21.7 Å². The van der Waals surface area contributed by atoms with Gasteiger partial charge in [0, 0.05) is 10.0 Å². The minimum absolute atomic E-state index is 0.00484. The Kier molecular flexibility index (Phi) is 5.89. The Bertz CT molecular complexity index is 1030. The fourth-order valence-corrected chi connectivity index (χ4v) is 4.00. The number of carbonyl (C=O) groups excluding carboxylic acids is 1. The summed E-state index contributed by atoms with van der Waals surface area (Å²) in [6, 6.07) is 13.5. The van der Waals surface area contributed by atoms with Crippen LogP contribution in [0.2, 0.25) is 0 Å². The van der Waals surface area contributed by atoms with Gasteiger partial charge in [-0.25, -0.2) is 4.98 Å². The first-order valence-electron chi connectivity index (χ1n) is 8.23. The zero-order valence-corrected chi connectivity index (χ0v) is 16.9. The van der Waals surface area contributed by atoms with Crippen LogP contribution in [-0.2, 0) is 16.0 Å². The van der Waals surface area contributed by atoms with Crippen LogP contribution in [0.1, 0.15) is 18.1 Å². The SMILES string of the molecule is CCOC(=O)Cc1c(-c2cccs2)nc(N)c(C#N)c1-c1cccc(Br)c1. The fraction of sp³-hybridized carbons (Fsp3) is 0.150. The van der Waals surface area contributed by atoms with E-state index in [1.54, 1.807) is 6.92 Å². The molecule has 0 saturated carbocycles. The van der Waals surface area contributed by atoms with E-state index in [0.717, 1.165) is 14.9 Å². The van der Waals surface area contributed by atoms with Gasteiger partial charge in [0.25, 0.3) is 0 Å². The molecule has 0 aliphatic rings. The molecule has 0 amide bonds. The number of hydrogen-bond acceptors (Lipinski definition) is 6. The highest BCUT2D eigenvalue weighted by molar-refractivity contribution is 9.10. The number of benzene rings is 1.